The van der Waals surface area contributed by atoms with Crippen LogP contribution in [0.5, 0.6) is 0 Å². The van der Waals surface area contributed by atoms with Gasteiger partial charge in [-0.25, -0.2) is 0 Å². The maximum atomic E-state index is 10.1. The molecule has 0 saturated carbocycles. The minimum absolute atomic E-state index is 0. The summed E-state index contributed by atoms with van der Waals surface area (Å²) in [5, 5.41) is 0. The Morgan fingerprint density at radius 2 is 1.55 bits per heavy atom. The maximum Gasteiger partial charge on any atom is 2.00 e. The predicted molar refractivity (Wildman–Crippen MR) is 41.7 cm³/mol. The summed E-state index contributed by atoms with van der Waals surface area (Å²) in [4.78, 5) is 30.2. The summed E-state index contributed by atoms with van der Waals surface area (Å²) >= 11 is 0. The number of hydrogen-bond donors (Lipinski definition) is 0. The van der Waals surface area contributed by atoms with E-state index in [0.29, 0.717) is 6.42 Å². The molecular formula is C6H13O3PSn. The zero-order valence-corrected chi connectivity index (χ0v) is 10.5. The van der Waals surface area contributed by atoms with Crippen LogP contribution in [0.1, 0.15) is 32.6 Å². The zero-order valence-electron chi connectivity index (χ0n) is 6.71. The van der Waals surface area contributed by atoms with Gasteiger partial charge in [0.2, 0.25) is 0 Å². The van der Waals surface area contributed by atoms with E-state index >= 15 is 0 Å². The van der Waals surface area contributed by atoms with Crippen molar-refractivity contribution in [2.24, 2.45) is 0 Å². The molecule has 11 heavy (non-hydrogen) atoms. The van der Waals surface area contributed by atoms with Crippen LogP contribution in [0.25, 0.3) is 0 Å². The van der Waals surface area contributed by atoms with Gasteiger partial charge in [-0.1, -0.05) is 19.8 Å². The number of unbranched alkanes of at least 4 members (excludes halogenated alkanes) is 3. The molecule has 0 unspecified atom stereocenters. The Hall–Kier alpha value is 1.11. The average Bonchev–Trinajstić information content (AvgIpc) is 1.78. The van der Waals surface area contributed by atoms with Crippen molar-refractivity contribution in [1.82, 2.24) is 0 Å². The summed E-state index contributed by atoms with van der Waals surface area (Å²) in [6.45, 7) is 2.04. The number of rotatable bonds is 5. The van der Waals surface area contributed by atoms with Crippen LogP contribution in [0.15, 0.2) is 0 Å². The van der Waals surface area contributed by atoms with Gasteiger partial charge in [0.05, 0.1) is 0 Å². The van der Waals surface area contributed by atoms with Gasteiger partial charge in [0.15, 0.2) is 0 Å². The standard InChI is InChI=1S/C6H15O3P.Sn/c1-2-3-4-5-6-10(7,8)9;/h2-6H2,1H3,(H2,7,8,9);/q;+2/p-2. The van der Waals surface area contributed by atoms with Crippen LogP contribution in [0.4, 0.5) is 0 Å². The number of hydrogen-bond acceptors (Lipinski definition) is 3. The second-order valence-electron chi connectivity index (χ2n) is 2.40. The van der Waals surface area contributed by atoms with Crippen molar-refractivity contribution in [2.75, 3.05) is 6.16 Å². The molecule has 0 heterocycles. The van der Waals surface area contributed by atoms with Crippen LogP contribution in [0, 0.1) is 0 Å². The molecule has 3 nitrogen and oxygen atoms in total. The molecule has 2 radical (unpaired) electrons. The van der Waals surface area contributed by atoms with E-state index in [1.807, 2.05) is 6.92 Å². The zero-order chi connectivity index (χ0) is 8.04. The van der Waals surface area contributed by atoms with E-state index in [1.165, 1.54) is 0 Å². The smallest absolute Gasteiger partial charge is 0.688 e. The summed E-state index contributed by atoms with van der Waals surface area (Å²) in [5.41, 5.74) is 0. The molecule has 0 N–H and O–H groups in total. The van der Waals surface area contributed by atoms with Crippen molar-refractivity contribution in [3.63, 3.8) is 0 Å². The van der Waals surface area contributed by atoms with Gasteiger partial charge in [-0.2, -0.15) is 7.94 Å². The Balaban J connectivity index is 0. The van der Waals surface area contributed by atoms with Crippen molar-refractivity contribution < 1.29 is 14.7 Å². The minimum Gasteiger partial charge on any atom is -0.688 e. The Labute approximate surface area is 85.4 Å². The molecule has 64 valence electrons. The van der Waals surface area contributed by atoms with Crippen LogP contribution in [-0.4, -0.2) is 30.1 Å². The molecule has 0 saturated heterocycles. The molecular weight excluding hydrogens is 270 g/mol. The van der Waals surface area contributed by atoms with Gasteiger partial charge < -0.3 is 14.7 Å². The summed E-state index contributed by atoms with van der Waals surface area (Å²) < 4.78 is 0. The van der Waals surface area contributed by atoms with E-state index in [0.717, 1.165) is 19.3 Å². The van der Waals surface area contributed by atoms with Gasteiger partial charge in [0, 0.05) is 6.16 Å². The predicted octanol–water partition coefficient (Wildman–Crippen LogP) is -0.971. The minimum atomic E-state index is -4.21. The van der Waals surface area contributed by atoms with Crippen molar-refractivity contribution in [1.29, 1.82) is 0 Å². The first-order valence-electron chi connectivity index (χ1n) is 3.57. The van der Waals surface area contributed by atoms with Crippen LogP contribution >= 0.6 is 7.94 Å². The van der Waals surface area contributed by atoms with Crippen molar-refractivity contribution >= 4 is 31.9 Å². The SMILES string of the molecule is CCCCCC[P+]([O-])([O-])[O-].[Sn+2]. The molecule has 0 bridgehead atoms. The first-order chi connectivity index (χ1) is 4.56. The van der Waals surface area contributed by atoms with Gasteiger partial charge in [0.25, 0.3) is 0 Å². The van der Waals surface area contributed by atoms with Crippen molar-refractivity contribution in [3.05, 3.63) is 0 Å². The second-order valence-corrected chi connectivity index (χ2v) is 4.06. The fourth-order valence-corrected chi connectivity index (χ4v) is 1.34. The van der Waals surface area contributed by atoms with Crippen LogP contribution in [0.3, 0.4) is 0 Å². The van der Waals surface area contributed by atoms with Crippen LogP contribution in [0.2, 0.25) is 0 Å². The summed E-state index contributed by atoms with van der Waals surface area (Å²) in [6, 6.07) is 0. The van der Waals surface area contributed by atoms with Crippen LogP contribution < -0.4 is 14.7 Å². The third-order valence-electron chi connectivity index (χ3n) is 1.29. The van der Waals surface area contributed by atoms with Crippen molar-refractivity contribution in [3.8, 4) is 0 Å². The van der Waals surface area contributed by atoms with E-state index in [9.17, 15) is 14.7 Å². The average molecular weight is 283 g/mol. The summed E-state index contributed by atoms with van der Waals surface area (Å²) in [5.74, 6) is 0. The first-order valence-corrected chi connectivity index (χ1v) is 5.30. The molecule has 5 heteroatoms. The molecule has 0 fully saturated rings. The molecule has 0 aliphatic carbocycles. The van der Waals surface area contributed by atoms with Gasteiger partial charge >= 0.3 is 23.9 Å². The van der Waals surface area contributed by atoms with Gasteiger partial charge in [-0.15, -0.1) is 0 Å². The molecule has 0 aliphatic heterocycles. The summed E-state index contributed by atoms with van der Waals surface area (Å²) in [6.07, 6.45) is 3.28. The molecule has 0 aromatic heterocycles. The quantitative estimate of drug-likeness (QED) is 0.370. The summed E-state index contributed by atoms with van der Waals surface area (Å²) in [7, 11) is -4.21. The topological polar surface area (TPSA) is 69.2 Å². The third-order valence-corrected chi connectivity index (χ3v) is 2.15. The molecule has 0 amide bonds. The molecule has 0 spiro atoms. The Morgan fingerprint density at radius 3 is 1.91 bits per heavy atom. The fraction of sp³-hybridized carbons (Fsp3) is 1.00. The molecule has 0 aliphatic rings. The normalized spacial score (nSPS) is 10.9. The Kier molecular flexibility index (Phi) is 10.3. The van der Waals surface area contributed by atoms with Crippen molar-refractivity contribution in [2.45, 2.75) is 32.6 Å². The van der Waals surface area contributed by atoms with Gasteiger partial charge in [-0.3, -0.25) is 0 Å². The second kappa shape index (κ2) is 7.74. The largest absolute Gasteiger partial charge is 2.00 e. The fourth-order valence-electron chi connectivity index (χ4n) is 0.732. The van der Waals surface area contributed by atoms with Gasteiger partial charge in [0.1, 0.15) is 0 Å². The molecule has 0 aromatic rings. The molecule has 0 atom stereocenters. The van der Waals surface area contributed by atoms with Crippen LogP contribution in [-0.2, 0) is 0 Å². The molecule has 0 rings (SSSR count). The maximum absolute atomic E-state index is 10.1. The first kappa shape index (κ1) is 14.6. The van der Waals surface area contributed by atoms with E-state index < -0.39 is 7.94 Å². The van der Waals surface area contributed by atoms with E-state index in [2.05, 4.69) is 0 Å². The van der Waals surface area contributed by atoms with Gasteiger partial charge in [-0.05, 0) is 12.8 Å². The molecule has 0 aromatic carbocycles. The van der Waals surface area contributed by atoms with E-state index in [-0.39, 0.29) is 30.1 Å². The Bertz CT molecular complexity index is 84.4. The Morgan fingerprint density at radius 1 is 1.00 bits per heavy atom. The van der Waals surface area contributed by atoms with E-state index in [4.69, 9.17) is 0 Å². The van der Waals surface area contributed by atoms with E-state index in [1.54, 1.807) is 0 Å². The monoisotopic (exact) mass is 284 g/mol. The third kappa shape index (κ3) is 14.0.